The quantitative estimate of drug-likeness (QED) is 0.290. The summed E-state index contributed by atoms with van der Waals surface area (Å²) in [5, 5.41) is 3.90. The predicted molar refractivity (Wildman–Crippen MR) is 138 cm³/mol. The number of aryl methyl sites for hydroxylation is 1. The van der Waals surface area contributed by atoms with Gasteiger partial charge in [-0.3, -0.25) is 4.79 Å². The lowest BCUT2D eigenvalue weighted by Gasteiger charge is -2.17. The average molecular weight is 477 g/mol. The minimum absolute atomic E-state index is 0.256. The molecule has 6 nitrogen and oxygen atoms in total. The highest BCUT2D eigenvalue weighted by Gasteiger charge is 2.18. The second-order valence-electron chi connectivity index (χ2n) is 7.62. The molecule has 0 saturated heterocycles. The van der Waals surface area contributed by atoms with Gasteiger partial charge in [-0.15, -0.1) is 11.3 Å². The zero-order valence-corrected chi connectivity index (χ0v) is 20.6. The Balaban J connectivity index is 1.56. The molecule has 0 aliphatic carbocycles. The van der Waals surface area contributed by atoms with Gasteiger partial charge in [-0.05, 0) is 81.8 Å². The Morgan fingerprint density at radius 1 is 0.882 bits per heavy atom. The molecule has 0 fully saturated rings. The molecule has 0 aliphatic rings. The summed E-state index contributed by atoms with van der Waals surface area (Å²) >= 11 is 1.66. The summed E-state index contributed by atoms with van der Waals surface area (Å²) in [6, 6.07) is 17.3. The summed E-state index contributed by atoms with van der Waals surface area (Å²) in [4.78, 5) is 17.8. The van der Waals surface area contributed by atoms with Gasteiger partial charge in [0.2, 0.25) is 5.75 Å². The summed E-state index contributed by atoms with van der Waals surface area (Å²) < 4.78 is 18.3. The maximum atomic E-state index is 13.0. The molecule has 1 aromatic heterocycles. The van der Waals surface area contributed by atoms with E-state index < -0.39 is 0 Å². The fraction of sp³-hybridized carbons (Fsp3) is 0.259. The summed E-state index contributed by atoms with van der Waals surface area (Å²) in [7, 11) is 0. The van der Waals surface area contributed by atoms with Crippen LogP contribution >= 0.6 is 11.3 Å². The third-order valence-electron chi connectivity index (χ3n) is 5.10. The Morgan fingerprint density at radius 2 is 1.53 bits per heavy atom. The van der Waals surface area contributed by atoms with Gasteiger partial charge < -0.3 is 19.5 Å². The first-order valence-electron chi connectivity index (χ1n) is 11.4. The number of fused-ring (bicyclic) bond motifs is 1. The Bertz CT molecular complexity index is 1270. The molecule has 3 aromatic carbocycles. The number of ether oxygens (including phenoxy) is 3. The first kappa shape index (κ1) is 23.6. The number of nitrogens with one attached hydrogen (secondary N) is 1. The number of amides is 1. The Hall–Kier alpha value is -3.58. The minimum atomic E-state index is -0.256. The molecule has 0 bridgehead atoms. The third kappa shape index (κ3) is 5.15. The van der Waals surface area contributed by atoms with Gasteiger partial charge in [0.15, 0.2) is 11.5 Å². The van der Waals surface area contributed by atoms with E-state index in [1.54, 1.807) is 23.5 Å². The Labute approximate surface area is 203 Å². The number of carbonyl (C=O) groups excluding carboxylic acids is 1. The van der Waals surface area contributed by atoms with Gasteiger partial charge in [-0.1, -0.05) is 6.07 Å². The molecule has 1 amide bonds. The van der Waals surface area contributed by atoms with Crippen molar-refractivity contribution in [3.63, 3.8) is 0 Å². The highest BCUT2D eigenvalue weighted by atomic mass is 32.1. The Morgan fingerprint density at radius 3 is 2.15 bits per heavy atom. The molecule has 4 aromatic rings. The van der Waals surface area contributed by atoms with Crippen molar-refractivity contribution in [2.45, 2.75) is 27.7 Å². The zero-order chi connectivity index (χ0) is 24.1. The number of anilines is 1. The van der Waals surface area contributed by atoms with Gasteiger partial charge in [0.25, 0.3) is 5.91 Å². The van der Waals surface area contributed by atoms with Gasteiger partial charge in [0, 0.05) is 16.8 Å². The normalized spacial score (nSPS) is 10.8. The van der Waals surface area contributed by atoms with E-state index in [1.807, 2.05) is 51.1 Å². The zero-order valence-electron chi connectivity index (χ0n) is 19.8. The van der Waals surface area contributed by atoms with Crippen LogP contribution in [0, 0.1) is 6.92 Å². The summed E-state index contributed by atoms with van der Waals surface area (Å²) in [5.74, 6) is 1.23. The number of hydrogen-bond acceptors (Lipinski definition) is 6. The molecule has 0 spiro atoms. The van der Waals surface area contributed by atoms with E-state index in [2.05, 4.69) is 24.4 Å². The second-order valence-corrected chi connectivity index (χ2v) is 8.65. The second kappa shape index (κ2) is 10.6. The molecule has 0 atom stereocenters. The number of rotatable bonds is 9. The lowest BCUT2D eigenvalue weighted by Crippen LogP contribution is -2.13. The first-order valence-corrected chi connectivity index (χ1v) is 12.2. The van der Waals surface area contributed by atoms with Crippen molar-refractivity contribution in [1.29, 1.82) is 0 Å². The van der Waals surface area contributed by atoms with Crippen LogP contribution in [0.1, 0.15) is 36.7 Å². The number of hydrogen-bond donors (Lipinski definition) is 1. The molecule has 0 radical (unpaired) electrons. The van der Waals surface area contributed by atoms with Gasteiger partial charge in [0.05, 0.1) is 30.0 Å². The number of nitrogens with zero attached hydrogens (tertiary/aromatic N) is 1. The summed E-state index contributed by atoms with van der Waals surface area (Å²) in [6.07, 6.45) is 0. The maximum absolute atomic E-state index is 13.0. The van der Waals surface area contributed by atoms with Crippen LogP contribution in [0.5, 0.6) is 17.2 Å². The number of aromatic nitrogens is 1. The van der Waals surface area contributed by atoms with Crippen LogP contribution in [0.25, 0.3) is 20.8 Å². The molecule has 7 heteroatoms. The molecule has 1 heterocycles. The highest BCUT2D eigenvalue weighted by Crippen LogP contribution is 2.39. The molecule has 176 valence electrons. The number of carbonyl (C=O) groups is 1. The van der Waals surface area contributed by atoms with Crippen LogP contribution in [0.2, 0.25) is 0 Å². The fourth-order valence-electron chi connectivity index (χ4n) is 3.57. The predicted octanol–water partition coefficient (Wildman–Crippen LogP) is 6.72. The lowest BCUT2D eigenvalue weighted by molar-refractivity contribution is 0.102. The fourth-order valence-corrected chi connectivity index (χ4v) is 4.64. The van der Waals surface area contributed by atoms with E-state index in [1.165, 1.54) is 5.56 Å². The van der Waals surface area contributed by atoms with Crippen LogP contribution in [-0.4, -0.2) is 30.7 Å². The molecular weight excluding hydrogens is 448 g/mol. The van der Waals surface area contributed by atoms with Crippen LogP contribution < -0.4 is 19.5 Å². The highest BCUT2D eigenvalue weighted by molar-refractivity contribution is 7.21. The minimum Gasteiger partial charge on any atom is -0.490 e. The standard InChI is InChI=1S/C27H28N2O4S/c1-5-31-22-15-19(16-23(32-6-2)25(22)33-7-3)26(30)28-20-11-9-18(10-12-20)27-29-21-13-8-17(4)14-24(21)34-27/h8-16H,5-7H2,1-4H3,(H,28,30). The largest absolute Gasteiger partial charge is 0.490 e. The van der Waals surface area contributed by atoms with Crippen LogP contribution in [0.15, 0.2) is 54.6 Å². The summed E-state index contributed by atoms with van der Waals surface area (Å²) in [6.45, 7) is 9.10. The van der Waals surface area contributed by atoms with Gasteiger partial charge >= 0.3 is 0 Å². The Kier molecular flexibility index (Phi) is 7.33. The van der Waals surface area contributed by atoms with Crippen LogP contribution in [0.3, 0.4) is 0 Å². The van der Waals surface area contributed by atoms with Crippen molar-refractivity contribution in [2.75, 3.05) is 25.1 Å². The van der Waals surface area contributed by atoms with E-state index >= 15 is 0 Å². The molecule has 4 rings (SSSR count). The topological polar surface area (TPSA) is 69.7 Å². The summed E-state index contributed by atoms with van der Waals surface area (Å²) in [5.41, 5.74) is 4.34. The van der Waals surface area contributed by atoms with Crippen molar-refractivity contribution in [1.82, 2.24) is 4.98 Å². The smallest absolute Gasteiger partial charge is 0.255 e. The van der Waals surface area contributed by atoms with E-state index in [-0.39, 0.29) is 5.91 Å². The molecule has 34 heavy (non-hydrogen) atoms. The molecular formula is C27H28N2O4S. The first-order chi connectivity index (χ1) is 16.5. The molecule has 0 aliphatic heterocycles. The monoisotopic (exact) mass is 476 g/mol. The molecule has 0 unspecified atom stereocenters. The molecule has 0 saturated carbocycles. The van der Waals surface area contributed by atoms with Crippen molar-refractivity contribution in [3.8, 4) is 27.8 Å². The van der Waals surface area contributed by atoms with Crippen molar-refractivity contribution in [2.24, 2.45) is 0 Å². The van der Waals surface area contributed by atoms with Gasteiger partial charge in [0.1, 0.15) is 5.01 Å². The van der Waals surface area contributed by atoms with Gasteiger partial charge in [-0.25, -0.2) is 4.98 Å². The van der Waals surface area contributed by atoms with Crippen LogP contribution in [-0.2, 0) is 0 Å². The van der Waals surface area contributed by atoms with Crippen molar-refractivity contribution < 1.29 is 19.0 Å². The number of thiazole rings is 1. The third-order valence-corrected chi connectivity index (χ3v) is 6.17. The van der Waals surface area contributed by atoms with Crippen molar-refractivity contribution >= 4 is 33.1 Å². The van der Waals surface area contributed by atoms with E-state index in [0.717, 1.165) is 20.8 Å². The SMILES string of the molecule is CCOc1cc(C(=O)Nc2ccc(-c3nc4ccc(C)cc4s3)cc2)cc(OCC)c1OCC. The lowest BCUT2D eigenvalue weighted by atomic mass is 10.1. The van der Waals surface area contributed by atoms with E-state index in [4.69, 9.17) is 19.2 Å². The van der Waals surface area contributed by atoms with Gasteiger partial charge in [-0.2, -0.15) is 0 Å². The number of benzene rings is 3. The maximum Gasteiger partial charge on any atom is 0.255 e. The average Bonchev–Trinajstić information content (AvgIpc) is 3.25. The van der Waals surface area contributed by atoms with Crippen molar-refractivity contribution in [3.05, 3.63) is 65.7 Å². The van der Waals surface area contributed by atoms with E-state index in [0.29, 0.717) is 48.3 Å². The van der Waals surface area contributed by atoms with E-state index in [9.17, 15) is 4.79 Å². The van der Waals surface area contributed by atoms with Crippen LogP contribution in [0.4, 0.5) is 5.69 Å². The molecule has 1 N–H and O–H groups in total.